The van der Waals surface area contributed by atoms with Crippen molar-refractivity contribution >= 4 is 17.8 Å². The number of hydrogen-bond acceptors (Lipinski definition) is 8. The van der Waals surface area contributed by atoms with Crippen LogP contribution in [0.2, 0.25) is 0 Å². The maximum Gasteiger partial charge on any atom is 0.312 e. The molecule has 3 heterocycles. The highest BCUT2D eigenvalue weighted by molar-refractivity contribution is 6.15. The number of benzene rings is 3. The Labute approximate surface area is 206 Å². The van der Waals surface area contributed by atoms with Gasteiger partial charge >= 0.3 is 5.97 Å². The molecule has 0 aliphatic carbocycles. The summed E-state index contributed by atoms with van der Waals surface area (Å²) in [5, 5.41) is 0. The fraction of sp³-hybridized carbons (Fsp3) is 0.214. The zero-order valence-electron chi connectivity index (χ0n) is 19.7. The van der Waals surface area contributed by atoms with Gasteiger partial charge in [0.25, 0.3) is 0 Å². The molecule has 1 atom stereocenters. The average Bonchev–Trinajstić information content (AvgIpc) is 3.22. The van der Waals surface area contributed by atoms with Crippen LogP contribution >= 0.6 is 0 Å². The van der Waals surface area contributed by atoms with Crippen molar-refractivity contribution in [2.75, 3.05) is 27.4 Å². The summed E-state index contributed by atoms with van der Waals surface area (Å²) in [7, 11) is 3.11. The fourth-order valence-corrected chi connectivity index (χ4v) is 4.76. The van der Waals surface area contributed by atoms with Gasteiger partial charge < -0.3 is 28.4 Å². The van der Waals surface area contributed by atoms with Gasteiger partial charge in [-0.15, -0.1) is 0 Å². The molecule has 0 spiro atoms. The zero-order valence-corrected chi connectivity index (χ0v) is 19.7. The van der Waals surface area contributed by atoms with Crippen LogP contribution in [0.3, 0.4) is 0 Å². The van der Waals surface area contributed by atoms with E-state index in [4.69, 9.17) is 28.4 Å². The Hall–Kier alpha value is -4.46. The Morgan fingerprint density at radius 2 is 1.61 bits per heavy atom. The number of allylic oxidation sites excluding steroid dienone is 1. The summed E-state index contributed by atoms with van der Waals surface area (Å²) in [6.07, 6.45) is 1.76. The largest absolute Gasteiger partial charge is 0.493 e. The third-order valence-electron chi connectivity index (χ3n) is 6.45. The van der Waals surface area contributed by atoms with E-state index >= 15 is 0 Å². The molecule has 8 heteroatoms. The maximum absolute atomic E-state index is 13.3. The van der Waals surface area contributed by atoms with Gasteiger partial charge in [-0.3, -0.25) is 9.59 Å². The van der Waals surface area contributed by atoms with Crippen molar-refractivity contribution in [2.24, 2.45) is 0 Å². The lowest BCUT2D eigenvalue weighted by molar-refractivity contribution is -0.135. The van der Waals surface area contributed by atoms with Crippen molar-refractivity contribution in [3.05, 3.63) is 76.5 Å². The quantitative estimate of drug-likeness (QED) is 0.302. The average molecular weight is 486 g/mol. The van der Waals surface area contributed by atoms with E-state index in [1.807, 2.05) is 24.3 Å². The highest BCUT2D eigenvalue weighted by atomic mass is 16.6. The summed E-state index contributed by atoms with van der Waals surface area (Å²) in [6, 6.07) is 14.2. The number of fused-ring (bicyclic) bond motifs is 4. The van der Waals surface area contributed by atoms with Crippen molar-refractivity contribution in [1.82, 2.24) is 0 Å². The monoisotopic (exact) mass is 486 g/mol. The summed E-state index contributed by atoms with van der Waals surface area (Å²) in [4.78, 5) is 25.7. The first-order chi connectivity index (χ1) is 17.6. The van der Waals surface area contributed by atoms with Crippen LogP contribution in [0.5, 0.6) is 34.5 Å². The van der Waals surface area contributed by atoms with E-state index in [1.165, 1.54) is 0 Å². The Morgan fingerprint density at radius 1 is 0.833 bits per heavy atom. The number of methoxy groups -OCH3 is 2. The van der Waals surface area contributed by atoms with Crippen LogP contribution in [-0.4, -0.2) is 39.2 Å². The third-order valence-corrected chi connectivity index (χ3v) is 6.45. The predicted molar refractivity (Wildman–Crippen MR) is 128 cm³/mol. The minimum atomic E-state index is -0.375. The molecule has 0 N–H and O–H groups in total. The predicted octanol–water partition coefficient (Wildman–Crippen LogP) is 4.53. The summed E-state index contributed by atoms with van der Waals surface area (Å²) in [5.74, 6) is 2.38. The molecule has 0 amide bonds. The molecule has 3 aliphatic rings. The van der Waals surface area contributed by atoms with E-state index in [0.717, 1.165) is 5.56 Å². The van der Waals surface area contributed by atoms with E-state index in [1.54, 1.807) is 44.6 Å². The Kier molecular flexibility index (Phi) is 5.29. The number of ketones is 1. The number of hydrogen-bond donors (Lipinski definition) is 0. The molecule has 3 aromatic rings. The number of carbonyl (C=O) groups excluding carboxylic acids is 2. The first-order valence-corrected chi connectivity index (χ1v) is 11.5. The molecule has 8 nitrogen and oxygen atoms in total. The van der Waals surface area contributed by atoms with Crippen molar-refractivity contribution < 1.29 is 38.0 Å². The number of rotatable bonds is 4. The van der Waals surface area contributed by atoms with Crippen LogP contribution in [-0.2, 0) is 4.79 Å². The SMILES string of the molecule is COc1ccc(/C=C2\Oc3c(ccc4c3C(c3ccc5c(c3)OCCO5)CC(=O)O4)C2=O)cc1OC. The highest BCUT2D eigenvalue weighted by Crippen LogP contribution is 2.50. The van der Waals surface area contributed by atoms with Crippen LogP contribution in [0.25, 0.3) is 6.08 Å². The van der Waals surface area contributed by atoms with E-state index in [9.17, 15) is 9.59 Å². The second kappa shape index (κ2) is 8.64. The Bertz CT molecular complexity index is 1440. The van der Waals surface area contributed by atoms with Gasteiger partial charge in [0, 0.05) is 11.5 Å². The lowest BCUT2D eigenvalue weighted by Gasteiger charge is -2.27. The summed E-state index contributed by atoms with van der Waals surface area (Å²) >= 11 is 0. The van der Waals surface area contributed by atoms with E-state index in [2.05, 4.69) is 0 Å². The third kappa shape index (κ3) is 3.62. The van der Waals surface area contributed by atoms with Gasteiger partial charge in [0.05, 0.1) is 26.2 Å². The Balaban J connectivity index is 1.41. The molecule has 0 saturated heterocycles. The van der Waals surface area contributed by atoms with Gasteiger partial charge in [0.15, 0.2) is 28.8 Å². The van der Waals surface area contributed by atoms with Gasteiger partial charge in [-0.1, -0.05) is 12.1 Å². The fourth-order valence-electron chi connectivity index (χ4n) is 4.76. The molecule has 1 unspecified atom stereocenters. The van der Waals surface area contributed by atoms with Crippen molar-refractivity contribution in [1.29, 1.82) is 0 Å². The maximum atomic E-state index is 13.3. The smallest absolute Gasteiger partial charge is 0.312 e. The van der Waals surface area contributed by atoms with E-state index < -0.39 is 0 Å². The molecule has 36 heavy (non-hydrogen) atoms. The van der Waals surface area contributed by atoms with Crippen LogP contribution in [0.1, 0.15) is 39.4 Å². The number of esters is 1. The van der Waals surface area contributed by atoms with Crippen LogP contribution < -0.4 is 28.4 Å². The molecular formula is C28H22O8. The molecule has 6 rings (SSSR count). The molecule has 0 saturated carbocycles. The van der Waals surface area contributed by atoms with Gasteiger partial charge in [0.2, 0.25) is 5.78 Å². The topological polar surface area (TPSA) is 89.5 Å². The minimum absolute atomic E-state index is 0.107. The Morgan fingerprint density at radius 3 is 2.42 bits per heavy atom. The molecule has 3 aromatic carbocycles. The van der Waals surface area contributed by atoms with Gasteiger partial charge in [0.1, 0.15) is 24.7 Å². The number of Topliss-reactive ketones (excluding diaryl/α,β-unsaturated/α-hetero) is 1. The second-order valence-electron chi connectivity index (χ2n) is 8.54. The molecule has 0 radical (unpaired) electrons. The molecule has 3 aliphatic heterocycles. The van der Waals surface area contributed by atoms with Gasteiger partial charge in [-0.2, -0.15) is 0 Å². The molecule has 0 aromatic heterocycles. The van der Waals surface area contributed by atoms with Crippen LogP contribution in [0.4, 0.5) is 0 Å². The van der Waals surface area contributed by atoms with Crippen LogP contribution in [0, 0.1) is 0 Å². The lowest BCUT2D eigenvalue weighted by Crippen LogP contribution is -2.22. The molecule has 0 fully saturated rings. The molecule has 182 valence electrons. The first kappa shape index (κ1) is 22.0. The lowest BCUT2D eigenvalue weighted by atomic mass is 9.84. The normalized spacial score (nSPS) is 18.7. The number of carbonyl (C=O) groups is 2. The molecular weight excluding hydrogens is 464 g/mol. The summed E-state index contributed by atoms with van der Waals surface area (Å²) < 4.78 is 33.7. The summed E-state index contributed by atoms with van der Waals surface area (Å²) in [6.45, 7) is 0.945. The van der Waals surface area contributed by atoms with Gasteiger partial charge in [-0.05, 0) is 53.6 Å². The van der Waals surface area contributed by atoms with E-state index in [0.29, 0.717) is 64.4 Å². The van der Waals surface area contributed by atoms with Gasteiger partial charge in [-0.25, -0.2) is 0 Å². The van der Waals surface area contributed by atoms with Crippen molar-refractivity contribution in [2.45, 2.75) is 12.3 Å². The molecule has 0 bridgehead atoms. The van der Waals surface area contributed by atoms with Crippen molar-refractivity contribution in [3.8, 4) is 34.5 Å². The van der Waals surface area contributed by atoms with Crippen molar-refractivity contribution in [3.63, 3.8) is 0 Å². The van der Waals surface area contributed by atoms with E-state index in [-0.39, 0.29) is 29.9 Å². The number of ether oxygens (including phenoxy) is 6. The minimum Gasteiger partial charge on any atom is -0.493 e. The zero-order chi connectivity index (χ0) is 24.8. The second-order valence-corrected chi connectivity index (χ2v) is 8.54. The highest BCUT2D eigenvalue weighted by Gasteiger charge is 2.39. The first-order valence-electron chi connectivity index (χ1n) is 11.5. The standard InChI is InChI=1S/C28H22O8/c1-31-19-6-3-15(11-22(19)32-2)12-24-27(30)17-5-8-21-26(28(17)36-24)18(14-25(29)35-21)16-4-7-20-23(13-16)34-10-9-33-20/h3-8,11-13,18H,9-10,14H2,1-2H3/b24-12-. The van der Waals surface area contributed by atoms with Crippen LogP contribution in [0.15, 0.2) is 54.3 Å². The summed E-state index contributed by atoms with van der Waals surface area (Å²) in [5.41, 5.74) is 2.64.